The Morgan fingerprint density at radius 2 is 1.58 bits per heavy atom. The summed E-state index contributed by atoms with van der Waals surface area (Å²) in [6.45, 7) is 0.115. The van der Waals surface area contributed by atoms with Crippen molar-refractivity contribution in [2.45, 2.75) is 13.1 Å². The Bertz CT molecular complexity index is 1610. The van der Waals surface area contributed by atoms with Crippen LogP contribution in [0.25, 0.3) is 21.9 Å². The topological polar surface area (TPSA) is 58.2 Å². The van der Waals surface area contributed by atoms with Gasteiger partial charge < -0.3 is 9.30 Å². The van der Waals surface area contributed by atoms with E-state index in [-0.39, 0.29) is 18.6 Å². The number of ether oxygens (including phenoxy) is 1. The van der Waals surface area contributed by atoms with E-state index >= 15 is 0 Å². The van der Waals surface area contributed by atoms with E-state index in [9.17, 15) is 14.0 Å². The maximum Gasteiger partial charge on any atom is 0.332 e. The van der Waals surface area contributed by atoms with Gasteiger partial charge >= 0.3 is 5.69 Å². The summed E-state index contributed by atoms with van der Waals surface area (Å²) in [6.07, 6.45) is 0. The largest absolute Gasteiger partial charge is 0.497 e. The number of hydrogen-bond donors (Lipinski definition) is 0. The fourth-order valence-corrected chi connectivity index (χ4v) is 4.35. The number of nitrogens with zero attached hydrogens (tertiary/aromatic N) is 3. The van der Waals surface area contributed by atoms with Gasteiger partial charge in [0.1, 0.15) is 17.1 Å². The minimum atomic E-state index is -0.491. The van der Waals surface area contributed by atoms with Gasteiger partial charge in [0, 0.05) is 18.0 Å². The lowest BCUT2D eigenvalue weighted by molar-refractivity contribution is 0.415. The molecule has 5 aromatic rings. The van der Waals surface area contributed by atoms with Crippen molar-refractivity contribution in [1.29, 1.82) is 0 Å². The fourth-order valence-electron chi connectivity index (χ4n) is 4.35. The smallest absolute Gasteiger partial charge is 0.332 e. The summed E-state index contributed by atoms with van der Waals surface area (Å²) in [7, 11) is 3.36. The lowest BCUT2D eigenvalue weighted by atomic mass is 10.2. The van der Waals surface area contributed by atoms with Gasteiger partial charge in [-0.3, -0.25) is 13.9 Å². The summed E-state index contributed by atoms with van der Waals surface area (Å²) < 4.78 is 24.4. The van der Waals surface area contributed by atoms with E-state index in [0.717, 1.165) is 11.1 Å². The van der Waals surface area contributed by atoms with Crippen molar-refractivity contribution in [3.63, 3.8) is 0 Å². The number of rotatable bonds is 5. The summed E-state index contributed by atoms with van der Waals surface area (Å²) in [5.41, 5.74) is 1.94. The first-order valence-corrected chi connectivity index (χ1v) is 10.6. The van der Waals surface area contributed by atoms with Crippen LogP contribution in [0.1, 0.15) is 11.1 Å². The van der Waals surface area contributed by atoms with Crippen molar-refractivity contribution in [2.75, 3.05) is 7.11 Å². The summed E-state index contributed by atoms with van der Waals surface area (Å²) in [5.74, 6) is 0.199. The van der Waals surface area contributed by atoms with Crippen LogP contribution < -0.4 is 16.0 Å². The van der Waals surface area contributed by atoms with E-state index in [4.69, 9.17) is 4.74 Å². The molecule has 0 radical (unpaired) electrons. The van der Waals surface area contributed by atoms with Gasteiger partial charge in [-0.1, -0.05) is 48.5 Å². The quantitative estimate of drug-likeness (QED) is 0.414. The molecule has 0 spiro atoms. The molecule has 0 amide bonds. The highest BCUT2D eigenvalue weighted by Gasteiger charge is 2.21. The van der Waals surface area contributed by atoms with Crippen molar-refractivity contribution in [3.05, 3.63) is 111 Å². The first kappa shape index (κ1) is 20.8. The van der Waals surface area contributed by atoms with Crippen LogP contribution in [-0.4, -0.2) is 20.8 Å². The molecule has 0 saturated heterocycles. The maximum atomic E-state index is 14.6. The first-order valence-electron chi connectivity index (χ1n) is 10.6. The van der Waals surface area contributed by atoms with Crippen LogP contribution in [0.2, 0.25) is 0 Å². The zero-order valence-electron chi connectivity index (χ0n) is 18.3. The van der Waals surface area contributed by atoms with Crippen LogP contribution in [0.15, 0.2) is 82.4 Å². The van der Waals surface area contributed by atoms with E-state index in [1.165, 1.54) is 15.2 Å². The molecule has 0 saturated carbocycles. The molecule has 5 rings (SSSR count). The second-order valence-corrected chi connectivity index (χ2v) is 7.98. The van der Waals surface area contributed by atoms with Gasteiger partial charge in [0.05, 0.1) is 31.2 Å². The van der Waals surface area contributed by atoms with Crippen LogP contribution >= 0.6 is 0 Å². The van der Waals surface area contributed by atoms with Gasteiger partial charge in [-0.25, -0.2) is 9.18 Å². The summed E-state index contributed by atoms with van der Waals surface area (Å²) in [5, 5.41) is 0.698. The molecular formula is C26H22FN3O3. The molecule has 3 aromatic carbocycles. The minimum Gasteiger partial charge on any atom is -0.497 e. The van der Waals surface area contributed by atoms with E-state index < -0.39 is 11.5 Å². The average Bonchev–Trinajstić information content (AvgIpc) is 3.13. The molecule has 0 fully saturated rings. The number of benzene rings is 3. The number of methoxy groups -OCH3 is 1. The molecule has 0 atom stereocenters. The molecule has 2 heterocycles. The second-order valence-electron chi connectivity index (χ2n) is 7.98. The highest BCUT2D eigenvalue weighted by atomic mass is 19.1. The molecule has 166 valence electrons. The number of halogens is 1. The predicted octanol–water partition coefficient (Wildman–Crippen LogP) is 3.90. The number of aryl methyl sites for hydroxylation is 1. The average molecular weight is 443 g/mol. The van der Waals surface area contributed by atoms with Gasteiger partial charge in [0.2, 0.25) is 0 Å². The van der Waals surface area contributed by atoms with Crippen molar-refractivity contribution >= 4 is 21.9 Å². The third-order valence-electron chi connectivity index (χ3n) is 6.03. The Morgan fingerprint density at radius 1 is 0.848 bits per heavy atom. The van der Waals surface area contributed by atoms with Gasteiger partial charge in [0.15, 0.2) is 0 Å². The van der Waals surface area contributed by atoms with Crippen molar-refractivity contribution < 1.29 is 9.13 Å². The number of aromatic nitrogens is 3. The lowest BCUT2D eigenvalue weighted by Crippen LogP contribution is -2.41. The standard InChI is InChI=1S/C26H22FN3O3/c1-28-22-13-12-19(33-2)14-20(22)23-24(28)25(31)30(15-17-8-4-3-5-9-17)26(32)29(23)16-18-10-6-7-11-21(18)27/h3-14H,15-16H2,1-2H3. The monoisotopic (exact) mass is 443 g/mol. The SMILES string of the molecule is COc1ccc2c(c1)c1c(c(=O)n(Cc3ccccc3)c(=O)n1Cc1ccccc1F)n2C. The van der Waals surface area contributed by atoms with Crippen molar-refractivity contribution in [2.24, 2.45) is 7.05 Å². The molecule has 2 aromatic heterocycles. The highest BCUT2D eigenvalue weighted by molar-refractivity contribution is 6.06. The third kappa shape index (κ3) is 3.42. The summed E-state index contributed by atoms with van der Waals surface area (Å²) >= 11 is 0. The number of hydrogen-bond acceptors (Lipinski definition) is 3. The van der Waals surface area contributed by atoms with Crippen LogP contribution in [-0.2, 0) is 20.1 Å². The zero-order valence-corrected chi connectivity index (χ0v) is 18.3. The maximum absolute atomic E-state index is 14.6. The molecule has 0 aliphatic rings. The molecule has 0 aliphatic carbocycles. The Balaban J connectivity index is 1.88. The van der Waals surface area contributed by atoms with Crippen molar-refractivity contribution in [1.82, 2.24) is 13.7 Å². The molecule has 0 bridgehead atoms. The molecule has 7 heteroatoms. The summed E-state index contributed by atoms with van der Waals surface area (Å²) in [4.78, 5) is 27.3. The predicted molar refractivity (Wildman–Crippen MR) is 127 cm³/mol. The first-order chi connectivity index (χ1) is 16.0. The Morgan fingerprint density at radius 3 is 2.30 bits per heavy atom. The van der Waals surface area contributed by atoms with Crippen LogP contribution in [0.4, 0.5) is 4.39 Å². The van der Waals surface area contributed by atoms with E-state index in [1.54, 1.807) is 43.0 Å². The Kier molecular flexibility index (Phi) is 5.09. The highest BCUT2D eigenvalue weighted by Crippen LogP contribution is 2.29. The van der Waals surface area contributed by atoms with Gasteiger partial charge in [-0.05, 0) is 29.8 Å². The molecule has 0 unspecified atom stereocenters. The zero-order chi connectivity index (χ0) is 23.1. The second kappa shape index (κ2) is 8.09. The van der Waals surface area contributed by atoms with Gasteiger partial charge in [0.25, 0.3) is 5.56 Å². The normalized spacial score (nSPS) is 11.4. The van der Waals surface area contributed by atoms with Crippen LogP contribution in [0, 0.1) is 5.82 Å². The van der Waals surface area contributed by atoms with E-state index in [0.29, 0.717) is 27.7 Å². The number of fused-ring (bicyclic) bond motifs is 3. The van der Waals surface area contributed by atoms with Gasteiger partial charge in [-0.2, -0.15) is 0 Å². The molecule has 0 N–H and O–H groups in total. The van der Waals surface area contributed by atoms with Crippen LogP contribution in [0.5, 0.6) is 5.75 Å². The molecule has 6 nitrogen and oxygen atoms in total. The third-order valence-corrected chi connectivity index (χ3v) is 6.03. The minimum absolute atomic E-state index is 0.00655. The molecule has 0 aliphatic heterocycles. The van der Waals surface area contributed by atoms with E-state index in [2.05, 4.69) is 0 Å². The molecule has 33 heavy (non-hydrogen) atoms. The molecular weight excluding hydrogens is 421 g/mol. The van der Waals surface area contributed by atoms with E-state index in [1.807, 2.05) is 42.5 Å². The van der Waals surface area contributed by atoms with Crippen LogP contribution in [0.3, 0.4) is 0 Å². The Hall–Kier alpha value is -4.13. The lowest BCUT2D eigenvalue weighted by Gasteiger charge is -2.14. The Labute approximate surface area is 188 Å². The van der Waals surface area contributed by atoms with Crippen molar-refractivity contribution in [3.8, 4) is 5.75 Å². The summed E-state index contributed by atoms with van der Waals surface area (Å²) in [6, 6.07) is 21.1. The van der Waals surface area contributed by atoms with Gasteiger partial charge in [-0.15, -0.1) is 0 Å². The fraction of sp³-hybridized carbons (Fsp3) is 0.154.